The minimum atomic E-state index is -0.101. The number of benzene rings is 2. The van der Waals surface area contributed by atoms with Gasteiger partial charge in [0.1, 0.15) is 6.17 Å². The predicted octanol–water partition coefficient (Wildman–Crippen LogP) is 2.74. The van der Waals surface area contributed by atoms with Gasteiger partial charge in [-0.2, -0.15) is 0 Å². The van der Waals surface area contributed by atoms with E-state index in [4.69, 9.17) is 5.73 Å². The Labute approximate surface area is 88.7 Å². The highest BCUT2D eigenvalue weighted by Crippen LogP contribution is 2.37. The molecule has 3 N–H and O–H groups in total. The molecule has 74 valence electrons. The van der Waals surface area contributed by atoms with E-state index in [0.29, 0.717) is 0 Å². The van der Waals surface area contributed by atoms with Crippen LogP contribution in [0.1, 0.15) is 11.7 Å². The number of nitrogens with one attached hydrogen (secondary N) is 1. The van der Waals surface area contributed by atoms with E-state index in [-0.39, 0.29) is 6.17 Å². The Hall–Kier alpha value is -1.80. The van der Waals surface area contributed by atoms with Crippen LogP contribution in [0.15, 0.2) is 48.5 Å². The van der Waals surface area contributed by atoms with Gasteiger partial charge in [0.05, 0.1) is 0 Å². The van der Waals surface area contributed by atoms with Crippen LogP contribution in [0.5, 0.6) is 0 Å². The quantitative estimate of drug-likeness (QED) is 0.680. The van der Waals surface area contributed by atoms with Crippen molar-refractivity contribution in [2.45, 2.75) is 6.17 Å². The fraction of sp³-hybridized carbons (Fsp3) is 0.0769. The van der Waals surface area contributed by atoms with Crippen molar-refractivity contribution in [2.75, 3.05) is 5.32 Å². The maximum Gasteiger partial charge on any atom is 0.101 e. The summed E-state index contributed by atoms with van der Waals surface area (Å²) in [6, 6.07) is 16.5. The van der Waals surface area contributed by atoms with Crippen molar-refractivity contribution in [3.05, 3.63) is 54.1 Å². The van der Waals surface area contributed by atoms with Crippen LogP contribution in [0.3, 0.4) is 0 Å². The molecule has 0 aliphatic carbocycles. The van der Waals surface area contributed by atoms with Crippen molar-refractivity contribution in [2.24, 2.45) is 5.73 Å². The number of rotatable bonds is 0. The van der Waals surface area contributed by atoms with Crippen LogP contribution in [0, 0.1) is 0 Å². The zero-order chi connectivity index (χ0) is 10.3. The minimum Gasteiger partial charge on any atom is -0.366 e. The van der Waals surface area contributed by atoms with Crippen molar-refractivity contribution in [3.63, 3.8) is 0 Å². The highest BCUT2D eigenvalue weighted by Gasteiger charge is 2.19. The second-order valence-corrected chi connectivity index (χ2v) is 3.75. The summed E-state index contributed by atoms with van der Waals surface area (Å²) in [7, 11) is 0. The van der Waals surface area contributed by atoms with Crippen LogP contribution in [0.25, 0.3) is 11.1 Å². The van der Waals surface area contributed by atoms with Crippen LogP contribution in [-0.4, -0.2) is 0 Å². The van der Waals surface area contributed by atoms with Crippen molar-refractivity contribution in [1.29, 1.82) is 0 Å². The van der Waals surface area contributed by atoms with Crippen LogP contribution in [0.2, 0.25) is 0 Å². The van der Waals surface area contributed by atoms with Gasteiger partial charge in [0, 0.05) is 11.3 Å². The third kappa shape index (κ3) is 1.22. The third-order valence-electron chi connectivity index (χ3n) is 2.82. The summed E-state index contributed by atoms with van der Waals surface area (Å²) in [5.74, 6) is 0. The molecule has 2 nitrogen and oxygen atoms in total. The van der Waals surface area contributed by atoms with Gasteiger partial charge in [0.25, 0.3) is 0 Å². The number of anilines is 1. The third-order valence-corrected chi connectivity index (χ3v) is 2.82. The van der Waals surface area contributed by atoms with E-state index < -0.39 is 0 Å². The van der Waals surface area contributed by atoms with Gasteiger partial charge in [-0.25, -0.2) is 0 Å². The summed E-state index contributed by atoms with van der Waals surface area (Å²) >= 11 is 0. The largest absolute Gasteiger partial charge is 0.366 e. The number of hydrogen-bond acceptors (Lipinski definition) is 2. The Balaban J connectivity index is 2.30. The van der Waals surface area contributed by atoms with Crippen molar-refractivity contribution >= 4 is 5.69 Å². The van der Waals surface area contributed by atoms with Gasteiger partial charge in [-0.05, 0) is 17.2 Å². The molecule has 1 heterocycles. The van der Waals surface area contributed by atoms with Gasteiger partial charge < -0.3 is 11.1 Å². The van der Waals surface area contributed by atoms with Crippen LogP contribution < -0.4 is 11.1 Å². The van der Waals surface area contributed by atoms with E-state index in [1.807, 2.05) is 24.3 Å². The molecule has 0 saturated carbocycles. The second kappa shape index (κ2) is 3.11. The predicted molar refractivity (Wildman–Crippen MR) is 62.4 cm³/mol. The Bertz CT molecular complexity index is 505. The zero-order valence-electron chi connectivity index (χ0n) is 8.27. The van der Waals surface area contributed by atoms with Crippen molar-refractivity contribution in [1.82, 2.24) is 0 Å². The number of fused-ring (bicyclic) bond motifs is 3. The Morgan fingerprint density at radius 3 is 2.40 bits per heavy atom. The molecule has 0 bridgehead atoms. The fourth-order valence-electron chi connectivity index (χ4n) is 2.10. The molecule has 0 radical (unpaired) electrons. The van der Waals surface area contributed by atoms with E-state index >= 15 is 0 Å². The topological polar surface area (TPSA) is 38.0 Å². The first-order valence-corrected chi connectivity index (χ1v) is 5.07. The molecule has 1 aliphatic heterocycles. The van der Waals surface area contributed by atoms with Gasteiger partial charge in [-0.15, -0.1) is 0 Å². The van der Waals surface area contributed by atoms with E-state index in [1.165, 1.54) is 11.1 Å². The summed E-state index contributed by atoms with van der Waals surface area (Å²) in [6.07, 6.45) is -0.101. The van der Waals surface area contributed by atoms with Gasteiger partial charge in [-0.3, -0.25) is 0 Å². The van der Waals surface area contributed by atoms with Gasteiger partial charge >= 0.3 is 0 Å². The second-order valence-electron chi connectivity index (χ2n) is 3.75. The first-order chi connectivity index (χ1) is 7.36. The van der Waals surface area contributed by atoms with Crippen LogP contribution in [-0.2, 0) is 0 Å². The SMILES string of the molecule is NC1Nc2ccccc2-c2ccccc21. The Morgan fingerprint density at radius 1 is 0.867 bits per heavy atom. The maximum absolute atomic E-state index is 6.05. The monoisotopic (exact) mass is 196 g/mol. The molecule has 2 aromatic rings. The molecule has 1 atom stereocenters. The number of para-hydroxylation sites is 1. The fourth-order valence-corrected chi connectivity index (χ4v) is 2.10. The highest BCUT2D eigenvalue weighted by atomic mass is 15.0. The molecule has 15 heavy (non-hydrogen) atoms. The lowest BCUT2D eigenvalue weighted by Crippen LogP contribution is -2.24. The molecular weight excluding hydrogens is 184 g/mol. The molecule has 0 amide bonds. The normalized spacial score (nSPS) is 17.5. The molecule has 2 aromatic carbocycles. The molecule has 0 aromatic heterocycles. The summed E-state index contributed by atoms with van der Waals surface area (Å²) in [4.78, 5) is 0. The molecule has 2 heteroatoms. The van der Waals surface area contributed by atoms with E-state index in [1.54, 1.807) is 0 Å². The van der Waals surface area contributed by atoms with Crippen molar-refractivity contribution < 1.29 is 0 Å². The summed E-state index contributed by atoms with van der Waals surface area (Å²) < 4.78 is 0. The van der Waals surface area contributed by atoms with Crippen LogP contribution in [0.4, 0.5) is 5.69 Å². The molecule has 3 rings (SSSR count). The maximum atomic E-state index is 6.05. The van der Waals surface area contributed by atoms with Gasteiger partial charge in [0.15, 0.2) is 0 Å². The summed E-state index contributed by atoms with van der Waals surface area (Å²) in [6.45, 7) is 0. The van der Waals surface area contributed by atoms with Gasteiger partial charge in [-0.1, -0.05) is 42.5 Å². The molecule has 0 saturated heterocycles. The lowest BCUT2D eigenvalue weighted by Gasteiger charge is -2.26. The molecular formula is C13H12N2. The zero-order valence-corrected chi connectivity index (χ0v) is 8.27. The molecule has 1 unspecified atom stereocenters. The van der Waals surface area contributed by atoms with Crippen LogP contribution >= 0.6 is 0 Å². The number of nitrogens with two attached hydrogens (primary N) is 1. The van der Waals surface area contributed by atoms with Gasteiger partial charge in [0.2, 0.25) is 0 Å². The molecule has 0 spiro atoms. The average Bonchev–Trinajstić information content (AvgIpc) is 2.30. The minimum absolute atomic E-state index is 0.101. The van der Waals surface area contributed by atoms with E-state index in [0.717, 1.165) is 11.3 Å². The molecule has 0 fully saturated rings. The van der Waals surface area contributed by atoms with E-state index in [2.05, 4.69) is 29.6 Å². The highest BCUT2D eigenvalue weighted by molar-refractivity contribution is 5.83. The first kappa shape index (κ1) is 8.50. The summed E-state index contributed by atoms with van der Waals surface area (Å²) in [5, 5.41) is 3.29. The standard InChI is InChI=1S/C13H12N2/c14-13-11-7-2-1-5-9(11)10-6-3-4-8-12(10)15-13/h1-8,13,15H,14H2. The Kier molecular flexibility index (Phi) is 1.76. The molecule has 1 aliphatic rings. The first-order valence-electron chi connectivity index (χ1n) is 5.07. The lowest BCUT2D eigenvalue weighted by molar-refractivity contribution is 0.829. The lowest BCUT2D eigenvalue weighted by atomic mass is 9.93. The Morgan fingerprint density at radius 2 is 1.53 bits per heavy atom. The average molecular weight is 196 g/mol. The smallest absolute Gasteiger partial charge is 0.101 e. The number of hydrogen-bond donors (Lipinski definition) is 2. The van der Waals surface area contributed by atoms with Crippen molar-refractivity contribution in [3.8, 4) is 11.1 Å². The summed E-state index contributed by atoms with van der Waals surface area (Å²) in [5.41, 5.74) is 10.8. The van der Waals surface area contributed by atoms with E-state index in [9.17, 15) is 0 Å².